The van der Waals surface area contributed by atoms with Crippen LogP contribution in [0.1, 0.15) is 11.1 Å². The fourth-order valence-electron chi connectivity index (χ4n) is 1.20. The van der Waals surface area contributed by atoms with E-state index in [4.69, 9.17) is 5.73 Å². The van der Waals surface area contributed by atoms with Crippen molar-refractivity contribution in [3.8, 4) is 0 Å². The van der Waals surface area contributed by atoms with Gasteiger partial charge in [0.2, 0.25) is 0 Å². The van der Waals surface area contributed by atoms with Gasteiger partial charge in [0.25, 0.3) is 5.69 Å². The Balaban J connectivity index is 3.46. The van der Waals surface area contributed by atoms with Crippen LogP contribution in [0.15, 0.2) is 12.1 Å². The number of nitro groups is 1. The largest absolute Gasteiger partial charge is 0.417 e. The molecule has 0 radical (unpaired) electrons. The van der Waals surface area contributed by atoms with E-state index in [1.807, 2.05) is 0 Å². The average Bonchev–Trinajstić information content (AvgIpc) is 2.14. The van der Waals surface area contributed by atoms with E-state index in [9.17, 15) is 23.3 Å². The zero-order valence-electron chi connectivity index (χ0n) is 7.71. The van der Waals surface area contributed by atoms with Crippen molar-refractivity contribution in [2.45, 2.75) is 12.7 Å². The van der Waals surface area contributed by atoms with Gasteiger partial charge in [-0.05, 0) is 28.7 Å². The topological polar surface area (TPSA) is 69.2 Å². The Kier molecular flexibility index (Phi) is 3.73. The number of alkyl halides is 3. The molecule has 0 heterocycles. The van der Waals surface area contributed by atoms with E-state index in [0.717, 1.165) is 6.07 Å². The van der Waals surface area contributed by atoms with Crippen molar-refractivity contribution < 1.29 is 18.1 Å². The molecule has 8 heteroatoms. The van der Waals surface area contributed by atoms with Crippen molar-refractivity contribution in [2.24, 2.45) is 5.73 Å². The zero-order valence-corrected chi connectivity index (χ0v) is 9.87. The average molecular weight is 346 g/mol. The molecule has 4 nitrogen and oxygen atoms in total. The van der Waals surface area contributed by atoms with Gasteiger partial charge in [0, 0.05) is 16.2 Å². The Hall–Kier alpha value is -0.900. The molecule has 0 amide bonds. The first-order valence-corrected chi connectivity index (χ1v) is 5.10. The van der Waals surface area contributed by atoms with Crippen molar-refractivity contribution >= 4 is 28.3 Å². The minimum Gasteiger partial charge on any atom is -0.326 e. The monoisotopic (exact) mass is 346 g/mol. The van der Waals surface area contributed by atoms with Crippen LogP contribution in [0.4, 0.5) is 18.9 Å². The Bertz CT molecular complexity index is 434. The maximum atomic E-state index is 12.5. The molecule has 0 saturated heterocycles. The van der Waals surface area contributed by atoms with E-state index in [1.165, 1.54) is 22.6 Å². The lowest BCUT2D eigenvalue weighted by Gasteiger charge is -2.11. The van der Waals surface area contributed by atoms with Crippen molar-refractivity contribution in [3.05, 3.63) is 36.9 Å². The summed E-state index contributed by atoms with van der Waals surface area (Å²) in [5, 5.41) is 10.6. The number of hydrogen-bond donors (Lipinski definition) is 1. The summed E-state index contributed by atoms with van der Waals surface area (Å²) in [6.07, 6.45) is -4.53. The lowest BCUT2D eigenvalue weighted by atomic mass is 10.1. The van der Waals surface area contributed by atoms with Gasteiger partial charge < -0.3 is 5.73 Å². The summed E-state index contributed by atoms with van der Waals surface area (Å²) in [7, 11) is 0. The molecule has 16 heavy (non-hydrogen) atoms. The van der Waals surface area contributed by atoms with Crippen LogP contribution in [0, 0.1) is 13.7 Å². The molecule has 0 aromatic heterocycles. The molecular formula is C8H6F3IN2O2. The highest BCUT2D eigenvalue weighted by atomic mass is 127. The molecule has 0 atom stereocenters. The number of nitro benzene ring substituents is 1. The predicted octanol–water partition coefficient (Wildman–Crippen LogP) is 2.68. The molecule has 0 aliphatic rings. The van der Waals surface area contributed by atoms with Gasteiger partial charge in [-0.1, -0.05) is 0 Å². The number of hydrogen-bond acceptors (Lipinski definition) is 3. The second-order valence-electron chi connectivity index (χ2n) is 2.88. The molecular weight excluding hydrogens is 340 g/mol. The van der Waals surface area contributed by atoms with E-state index in [-0.39, 0.29) is 21.4 Å². The maximum Gasteiger partial charge on any atom is 0.417 e. The molecule has 88 valence electrons. The van der Waals surface area contributed by atoms with Gasteiger partial charge in [-0.15, -0.1) is 0 Å². The zero-order chi connectivity index (χ0) is 12.5. The first-order valence-electron chi connectivity index (χ1n) is 4.02. The van der Waals surface area contributed by atoms with Crippen molar-refractivity contribution in [3.63, 3.8) is 0 Å². The quantitative estimate of drug-likeness (QED) is 0.509. The molecule has 0 fully saturated rings. The van der Waals surface area contributed by atoms with Crippen LogP contribution in [0.3, 0.4) is 0 Å². The first-order chi connectivity index (χ1) is 7.29. The first kappa shape index (κ1) is 13.2. The summed E-state index contributed by atoms with van der Waals surface area (Å²) in [4.78, 5) is 9.81. The minimum absolute atomic E-state index is 0.0968. The van der Waals surface area contributed by atoms with Crippen LogP contribution in [0.25, 0.3) is 0 Å². The molecule has 1 rings (SSSR count). The fraction of sp³-hybridized carbons (Fsp3) is 0.250. The van der Waals surface area contributed by atoms with Crippen molar-refractivity contribution in [2.75, 3.05) is 0 Å². The summed E-state index contributed by atoms with van der Waals surface area (Å²) in [6.45, 7) is -0.307. The molecule has 0 aliphatic heterocycles. The number of nitrogens with two attached hydrogens (primary N) is 1. The van der Waals surface area contributed by atoms with E-state index in [2.05, 4.69) is 0 Å². The molecule has 1 aromatic rings. The van der Waals surface area contributed by atoms with Crippen LogP contribution in [0.2, 0.25) is 0 Å². The summed E-state index contributed by atoms with van der Waals surface area (Å²) in [5.41, 5.74) is 3.84. The maximum absolute atomic E-state index is 12.5. The molecule has 0 unspecified atom stereocenters. The Morgan fingerprint density at radius 3 is 2.38 bits per heavy atom. The number of halogens is 4. The third-order valence-corrected chi connectivity index (χ3v) is 3.16. The third kappa shape index (κ3) is 2.43. The summed E-state index contributed by atoms with van der Waals surface area (Å²) < 4.78 is 37.2. The molecule has 0 bridgehead atoms. The second kappa shape index (κ2) is 4.53. The Morgan fingerprint density at radius 1 is 1.44 bits per heavy atom. The molecule has 2 N–H and O–H groups in total. The van der Waals surface area contributed by atoms with Crippen LogP contribution in [-0.4, -0.2) is 4.92 Å². The molecule has 0 aliphatic carbocycles. The van der Waals surface area contributed by atoms with E-state index in [0.29, 0.717) is 6.07 Å². The van der Waals surface area contributed by atoms with Crippen LogP contribution in [-0.2, 0) is 12.7 Å². The van der Waals surface area contributed by atoms with Gasteiger partial charge in [-0.3, -0.25) is 10.1 Å². The van der Waals surface area contributed by atoms with Gasteiger partial charge in [-0.2, -0.15) is 13.2 Å². The molecule has 1 aromatic carbocycles. The van der Waals surface area contributed by atoms with Gasteiger partial charge in [-0.25, -0.2) is 0 Å². The number of nitrogens with zero attached hydrogens (tertiary/aromatic N) is 1. The SMILES string of the molecule is NCc1c([N+](=O)[O-])ccc(C(F)(F)F)c1I. The van der Waals surface area contributed by atoms with Gasteiger partial charge in [0.1, 0.15) is 0 Å². The Morgan fingerprint density at radius 2 is 2.00 bits per heavy atom. The molecule has 0 spiro atoms. The minimum atomic E-state index is -4.53. The predicted molar refractivity (Wildman–Crippen MR) is 58.7 cm³/mol. The van der Waals surface area contributed by atoms with Crippen molar-refractivity contribution in [1.82, 2.24) is 0 Å². The standard InChI is InChI=1S/C8H6F3IN2O2/c9-8(10,11)5-1-2-6(14(15)16)4(3-13)7(5)12/h1-2H,3,13H2. The highest BCUT2D eigenvalue weighted by Crippen LogP contribution is 2.37. The third-order valence-electron chi connectivity index (χ3n) is 1.92. The summed E-state index contributed by atoms with van der Waals surface area (Å²) >= 11 is 1.42. The van der Waals surface area contributed by atoms with Crippen LogP contribution in [0.5, 0.6) is 0 Å². The Labute approximate surface area is 102 Å². The lowest BCUT2D eigenvalue weighted by molar-refractivity contribution is -0.385. The van der Waals surface area contributed by atoms with Gasteiger partial charge in [0.05, 0.1) is 16.1 Å². The van der Waals surface area contributed by atoms with Gasteiger partial charge >= 0.3 is 6.18 Å². The highest BCUT2D eigenvalue weighted by molar-refractivity contribution is 14.1. The van der Waals surface area contributed by atoms with Crippen LogP contribution < -0.4 is 5.73 Å². The molecule has 0 saturated carbocycles. The fourth-order valence-corrected chi connectivity index (χ4v) is 2.18. The summed E-state index contributed by atoms with van der Waals surface area (Å²) in [5.74, 6) is 0. The van der Waals surface area contributed by atoms with E-state index in [1.54, 1.807) is 0 Å². The normalized spacial score (nSPS) is 11.6. The number of benzene rings is 1. The summed E-state index contributed by atoms with van der Waals surface area (Å²) in [6, 6.07) is 1.52. The van der Waals surface area contributed by atoms with Crippen LogP contribution >= 0.6 is 22.6 Å². The lowest BCUT2D eigenvalue weighted by Crippen LogP contribution is -2.12. The second-order valence-corrected chi connectivity index (χ2v) is 3.96. The van der Waals surface area contributed by atoms with Crippen molar-refractivity contribution in [1.29, 1.82) is 0 Å². The smallest absolute Gasteiger partial charge is 0.326 e. The van der Waals surface area contributed by atoms with E-state index >= 15 is 0 Å². The van der Waals surface area contributed by atoms with E-state index < -0.39 is 16.7 Å². The van der Waals surface area contributed by atoms with Gasteiger partial charge in [0.15, 0.2) is 0 Å². The number of rotatable bonds is 2. The highest BCUT2D eigenvalue weighted by Gasteiger charge is 2.35.